The molecule has 3 N–H and O–H groups in total. The zero-order chi connectivity index (χ0) is 15.1. The number of aromatic amines is 1. The van der Waals surface area contributed by atoms with Crippen molar-refractivity contribution in [2.45, 2.75) is 38.9 Å². The average Bonchev–Trinajstić information content (AvgIpc) is 2.68. The van der Waals surface area contributed by atoms with Gasteiger partial charge in [0.05, 0.1) is 16.2 Å². The molecule has 108 valence electrons. The van der Waals surface area contributed by atoms with E-state index in [0.29, 0.717) is 21.5 Å². The molecule has 2 aromatic rings. The number of aromatic nitrogens is 2. The Labute approximate surface area is 123 Å². The summed E-state index contributed by atoms with van der Waals surface area (Å²) in [6, 6.07) is 1.71. The maximum absolute atomic E-state index is 10.2. The predicted octanol–water partition coefficient (Wildman–Crippen LogP) is 1.47. The number of hydrogen-bond donors (Lipinski definition) is 3. The molecular weight excluding hydrogens is 278 g/mol. The molecule has 20 heavy (non-hydrogen) atoms. The van der Waals surface area contributed by atoms with E-state index in [0.717, 1.165) is 0 Å². The van der Waals surface area contributed by atoms with Gasteiger partial charge in [-0.25, -0.2) is 4.98 Å². The molecule has 0 saturated carbocycles. The fraction of sp³-hybridized carbons (Fsp3) is 0.462. The van der Waals surface area contributed by atoms with E-state index >= 15 is 0 Å². The van der Waals surface area contributed by atoms with Gasteiger partial charge in [-0.3, -0.25) is 0 Å². The van der Waals surface area contributed by atoms with E-state index in [9.17, 15) is 10.1 Å². The van der Waals surface area contributed by atoms with Crippen LogP contribution in [-0.2, 0) is 4.65 Å². The van der Waals surface area contributed by atoms with E-state index in [-0.39, 0.29) is 0 Å². The molecule has 2 rings (SSSR count). The lowest BCUT2D eigenvalue weighted by Crippen LogP contribution is -2.53. The van der Waals surface area contributed by atoms with Crippen molar-refractivity contribution in [3.8, 4) is 0 Å². The van der Waals surface area contributed by atoms with Crippen molar-refractivity contribution >= 4 is 35.2 Å². The molecule has 0 radical (unpaired) electrons. The molecule has 0 aliphatic heterocycles. The number of nitrogens with zero attached hydrogens (tertiary/aromatic N) is 1. The number of hydrogen-bond acceptors (Lipinski definition) is 4. The highest BCUT2D eigenvalue weighted by molar-refractivity contribution is 6.60. The molecule has 0 spiro atoms. The van der Waals surface area contributed by atoms with Gasteiger partial charge in [0.15, 0.2) is 0 Å². The van der Waals surface area contributed by atoms with Crippen LogP contribution in [0.5, 0.6) is 0 Å². The van der Waals surface area contributed by atoms with Gasteiger partial charge in [0, 0.05) is 23.2 Å². The molecule has 0 amide bonds. The van der Waals surface area contributed by atoms with Crippen molar-refractivity contribution in [3.05, 3.63) is 23.5 Å². The zero-order valence-electron chi connectivity index (χ0n) is 11.9. The first-order valence-corrected chi connectivity index (χ1v) is 6.70. The fourth-order valence-electron chi connectivity index (χ4n) is 1.61. The molecule has 2 heterocycles. The number of nitrogens with one attached hydrogen (secondary N) is 1. The topological polar surface area (TPSA) is 78.4 Å². The van der Waals surface area contributed by atoms with Crippen LogP contribution in [0.2, 0.25) is 5.02 Å². The summed E-state index contributed by atoms with van der Waals surface area (Å²) in [6.45, 7) is 6.69. The summed E-state index contributed by atoms with van der Waals surface area (Å²) >= 11 is 6.02. The number of rotatable bonds is 4. The third kappa shape index (κ3) is 2.83. The average molecular weight is 297 g/mol. The zero-order valence-corrected chi connectivity index (χ0v) is 12.7. The van der Waals surface area contributed by atoms with Crippen LogP contribution >= 0.6 is 11.6 Å². The van der Waals surface area contributed by atoms with Crippen molar-refractivity contribution in [1.82, 2.24) is 9.97 Å². The maximum Gasteiger partial charge on any atom is 0.493 e. The summed E-state index contributed by atoms with van der Waals surface area (Å²) in [6.07, 6.45) is 3.15. The van der Waals surface area contributed by atoms with Gasteiger partial charge < -0.3 is 19.8 Å². The minimum atomic E-state index is -1.20. The number of H-pyrrole nitrogens is 1. The van der Waals surface area contributed by atoms with Gasteiger partial charge >= 0.3 is 7.12 Å². The third-order valence-electron chi connectivity index (χ3n) is 3.67. The van der Waals surface area contributed by atoms with E-state index in [1.54, 1.807) is 40.0 Å². The van der Waals surface area contributed by atoms with Crippen LogP contribution in [0.3, 0.4) is 0 Å². The minimum Gasteiger partial charge on any atom is -0.423 e. The Morgan fingerprint density at radius 1 is 1.35 bits per heavy atom. The summed E-state index contributed by atoms with van der Waals surface area (Å²) in [5.74, 6) is 0. The lowest BCUT2D eigenvalue weighted by atomic mass is 9.77. The van der Waals surface area contributed by atoms with Crippen LogP contribution in [0.4, 0.5) is 0 Å². The molecule has 0 bridgehead atoms. The van der Waals surface area contributed by atoms with E-state index in [2.05, 4.69) is 9.97 Å². The van der Waals surface area contributed by atoms with Crippen molar-refractivity contribution < 1.29 is 14.8 Å². The van der Waals surface area contributed by atoms with Crippen LogP contribution < -0.4 is 5.46 Å². The van der Waals surface area contributed by atoms with Gasteiger partial charge in [-0.2, -0.15) is 0 Å². The molecule has 0 unspecified atom stereocenters. The summed E-state index contributed by atoms with van der Waals surface area (Å²) in [5, 5.41) is 21.5. The van der Waals surface area contributed by atoms with Crippen LogP contribution in [0, 0.1) is 0 Å². The van der Waals surface area contributed by atoms with Crippen LogP contribution in [-0.4, -0.2) is 38.4 Å². The van der Waals surface area contributed by atoms with Crippen molar-refractivity contribution in [2.75, 3.05) is 0 Å². The summed E-state index contributed by atoms with van der Waals surface area (Å²) in [4.78, 5) is 7.09. The Balaban J connectivity index is 2.27. The second-order valence-electron chi connectivity index (χ2n) is 5.84. The molecule has 0 saturated heterocycles. The SMILES string of the molecule is CC(C)(O)C(C)(C)OB(O)c1cnc2[nH]cc(Cl)c2c1. The third-order valence-corrected chi connectivity index (χ3v) is 3.98. The smallest absolute Gasteiger partial charge is 0.423 e. The second-order valence-corrected chi connectivity index (χ2v) is 6.25. The van der Waals surface area contributed by atoms with Gasteiger partial charge in [-0.1, -0.05) is 11.6 Å². The van der Waals surface area contributed by atoms with Gasteiger partial charge in [0.2, 0.25) is 0 Å². The standard InChI is InChI=1S/C13H18BClN2O3/c1-12(2,18)13(3,4)20-14(19)8-5-9-10(15)7-17-11(9)16-6-8/h5-7,18-19H,1-4H3,(H,16,17). The Morgan fingerprint density at radius 3 is 2.60 bits per heavy atom. The molecule has 2 aromatic heterocycles. The molecule has 0 aliphatic carbocycles. The highest BCUT2D eigenvalue weighted by atomic mass is 35.5. The van der Waals surface area contributed by atoms with Crippen LogP contribution in [0.1, 0.15) is 27.7 Å². The first-order chi connectivity index (χ1) is 9.12. The first kappa shape index (κ1) is 15.3. The quantitative estimate of drug-likeness (QED) is 0.747. The molecule has 7 heteroatoms. The maximum atomic E-state index is 10.2. The summed E-state index contributed by atoms with van der Waals surface area (Å²) in [5.41, 5.74) is -0.899. The Hall–Kier alpha value is -1.08. The second kappa shape index (κ2) is 5.04. The van der Waals surface area contributed by atoms with Gasteiger partial charge in [-0.05, 0) is 33.8 Å². The highest BCUT2D eigenvalue weighted by Gasteiger charge is 2.39. The van der Waals surface area contributed by atoms with Crippen molar-refractivity contribution in [3.63, 3.8) is 0 Å². The summed E-state index contributed by atoms with van der Waals surface area (Å²) in [7, 11) is -1.20. The van der Waals surface area contributed by atoms with E-state index in [4.69, 9.17) is 16.3 Å². The van der Waals surface area contributed by atoms with Gasteiger partial charge in [-0.15, -0.1) is 0 Å². The van der Waals surface area contributed by atoms with E-state index in [1.807, 2.05) is 0 Å². The van der Waals surface area contributed by atoms with Gasteiger partial charge in [0.25, 0.3) is 0 Å². The number of pyridine rings is 1. The van der Waals surface area contributed by atoms with Crippen molar-refractivity contribution in [1.29, 1.82) is 0 Å². The molecular formula is C13H18BClN2O3. The number of aliphatic hydroxyl groups is 1. The van der Waals surface area contributed by atoms with Crippen LogP contribution in [0.25, 0.3) is 11.0 Å². The Morgan fingerprint density at radius 2 is 2.00 bits per heavy atom. The number of fused-ring (bicyclic) bond motifs is 1. The molecule has 5 nitrogen and oxygen atoms in total. The van der Waals surface area contributed by atoms with E-state index < -0.39 is 18.3 Å². The van der Waals surface area contributed by atoms with E-state index in [1.165, 1.54) is 6.20 Å². The molecule has 0 aromatic carbocycles. The number of halogens is 1. The largest absolute Gasteiger partial charge is 0.493 e. The monoisotopic (exact) mass is 296 g/mol. The Kier molecular flexibility index (Phi) is 3.86. The minimum absolute atomic E-state index is 0.483. The fourth-order valence-corrected chi connectivity index (χ4v) is 1.81. The predicted molar refractivity (Wildman–Crippen MR) is 80.2 cm³/mol. The van der Waals surface area contributed by atoms with Crippen LogP contribution in [0.15, 0.2) is 18.5 Å². The van der Waals surface area contributed by atoms with Gasteiger partial charge in [0.1, 0.15) is 5.65 Å². The molecule has 0 aliphatic rings. The molecule has 0 atom stereocenters. The lowest BCUT2D eigenvalue weighted by molar-refractivity contribution is -0.0982. The first-order valence-electron chi connectivity index (χ1n) is 6.32. The lowest BCUT2D eigenvalue weighted by Gasteiger charge is -2.38. The highest BCUT2D eigenvalue weighted by Crippen LogP contribution is 2.26. The molecule has 0 fully saturated rings. The Bertz CT molecular complexity index is 622. The van der Waals surface area contributed by atoms with Crippen molar-refractivity contribution in [2.24, 2.45) is 0 Å². The summed E-state index contributed by atoms with van der Waals surface area (Å²) < 4.78 is 5.57. The normalized spacial score (nSPS) is 12.9.